The van der Waals surface area contributed by atoms with Crippen molar-refractivity contribution in [3.05, 3.63) is 23.9 Å². The summed E-state index contributed by atoms with van der Waals surface area (Å²) in [6.45, 7) is 6.94. The molecule has 0 aromatic carbocycles. The number of allylic oxidation sites excluding steroid dienone is 3. The highest BCUT2D eigenvalue weighted by Crippen LogP contribution is 2.13. The monoisotopic (exact) mass is 123 g/mol. The molecule has 1 heterocycles. The van der Waals surface area contributed by atoms with Crippen LogP contribution < -0.4 is 5.32 Å². The molecule has 9 heavy (non-hydrogen) atoms. The van der Waals surface area contributed by atoms with E-state index in [1.165, 1.54) is 24.1 Å². The third-order valence-corrected chi connectivity index (χ3v) is 1.72. The van der Waals surface area contributed by atoms with E-state index in [2.05, 4.69) is 18.8 Å². The second kappa shape index (κ2) is 2.72. The molecule has 1 aliphatic rings. The van der Waals surface area contributed by atoms with E-state index in [0.29, 0.717) is 0 Å². The summed E-state index contributed by atoms with van der Waals surface area (Å²) in [6, 6.07) is 0. The fourth-order valence-electron chi connectivity index (χ4n) is 1.05. The summed E-state index contributed by atoms with van der Waals surface area (Å²) in [7, 11) is 0. The highest BCUT2D eigenvalue weighted by molar-refractivity contribution is 5.22. The smallest absolute Gasteiger partial charge is 0.0147 e. The van der Waals surface area contributed by atoms with Crippen LogP contribution in [-0.2, 0) is 0 Å². The second-order valence-corrected chi connectivity index (χ2v) is 2.40. The van der Waals surface area contributed by atoms with Crippen LogP contribution in [0.3, 0.4) is 0 Å². The second-order valence-electron chi connectivity index (χ2n) is 2.40. The van der Waals surface area contributed by atoms with Gasteiger partial charge in [-0.3, -0.25) is 0 Å². The average molecular weight is 123 g/mol. The first kappa shape index (κ1) is 6.40. The number of hydrogen-bond acceptors (Lipinski definition) is 1. The third kappa shape index (κ3) is 1.35. The molecule has 0 aromatic heterocycles. The van der Waals surface area contributed by atoms with Crippen molar-refractivity contribution < 1.29 is 0 Å². The van der Waals surface area contributed by atoms with Gasteiger partial charge >= 0.3 is 0 Å². The minimum Gasteiger partial charge on any atom is -0.388 e. The summed E-state index contributed by atoms with van der Waals surface area (Å²) in [6.07, 6.45) is 4.39. The van der Waals surface area contributed by atoms with E-state index < -0.39 is 0 Å². The zero-order chi connectivity index (χ0) is 6.69. The van der Waals surface area contributed by atoms with Gasteiger partial charge in [0.1, 0.15) is 0 Å². The van der Waals surface area contributed by atoms with Gasteiger partial charge < -0.3 is 5.32 Å². The predicted octanol–water partition coefficient (Wildman–Crippen LogP) is 1.83. The molecule has 0 radical (unpaired) electrons. The maximum atomic E-state index is 3.71. The molecule has 1 rings (SSSR count). The summed E-state index contributed by atoms with van der Waals surface area (Å²) < 4.78 is 0. The highest BCUT2D eigenvalue weighted by atomic mass is 14.9. The normalized spacial score (nSPS) is 23.2. The van der Waals surface area contributed by atoms with Crippen molar-refractivity contribution in [1.82, 2.24) is 5.32 Å². The summed E-state index contributed by atoms with van der Waals surface area (Å²) in [5.74, 6) is 0. The molecule has 50 valence electrons. The Bertz CT molecular complexity index is 137. The molecule has 0 aliphatic carbocycles. The Labute approximate surface area is 56.5 Å². The lowest BCUT2D eigenvalue weighted by atomic mass is 10.2. The molecule has 0 atom stereocenters. The van der Waals surface area contributed by atoms with Crippen molar-refractivity contribution in [1.29, 1.82) is 0 Å². The van der Waals surface area contributed by atoms with Crippen molar-refractivity contribution >= 4 is 0 Å². The molecule has 0 unspecified atom stereocenters. The maximum Gasteiger partial charge on any atom is 0.0147 e. The third-order valence-electron chi connectivity index (χ3n) is 1.72. The van der Waals surface area contributed by atoms with Gasteiger partial charge in [0.25, 0.3) is 0 Å². The van der Waals surface area contributed by atoms with Gasteiger partial charge in [0.05, 0.1) is 0 Å². The van der Waals surface area contributed by atoms with Gasteiger partial charge in [0, 0.05) is 12.2 Å². The predicted molar refractivity (Wildman–Crippen MR) is 40.1 cm³/mol. The first-order valence-corrected chi connectivity index (χ1v) is 3.40. The van der Waals surface area contributed by atoms with Gasteiger partial charge in [-0.2, -0.15) is 0 Å². The molecular weight excluding hydrogens is 110 g/mol. The first-order chi connectivity index (χ1) is 4.34. The largest absolute Gasteiger partial charge is 0.388 e. The molecule has 0 aromatic rings. The topological polar surface area (TPSA) is 12.0 Å². The Hall–Kier alpha value is -0.720. The molecule has 0 bridgehead atoms. The lowest BCUT2D eigenvalue weighted by Crippen LogP contribution is -2.04. The summed E-state index contributed by atoms with van der Waals surface area (Å²) in [5, 5.41) is 3.32. The SMILES string of the molecule is C=C/C(C)=C1/CCCN1. The Morgan fingerprint density at radius 1 is 1.78 bits per heavy atom. The van der Waals surface area contributed by atoms with Crippen LogP contribution in [0.4, 0.5) is 0 Å². The van der Waals surface area contributed by atoms with Crippen LogP contribution in [0.2, 0.25) is 0 Å². The fraction of sp³-hybridized carbons (Fsp3) is 0.500. The van der Waals surface area contributed by atoms with Gasteiger partial charge in [-0.05, 0) is 25.3 Å². The highest BCUT2D eigenvalue weighted by Gasteiger charge is 2.05. The Balaban J connectivity index is 2.66. The van der Waals surface area contributed by atoms with Crippen molar-refractivity contribution in [3.63, 3.8) is 0 Å². The van der Waals surface area contributed by atoms with Crippen molar-refractivity contribution in [2.24, 2.45) is 0 Å². The number of nitrogens with one attached hydrogen (secondary N) is 1. The summed E-state index contributed by atoms with van der Waals surface area (Å²) >= 11 is 0. The minimum absolute atomic E-state index is 1.14. The maximum absolute atomic E-state index is 3.71. The average Bonchev–Trinajstić information content (AvgIpc) is 2.37. The van der Waals surface area contributed by atoms with E-state index in [1.807, 2.05) is 6.08 Å². The standard InChI is InChI=1S/C8H13N/c1-3-7(2)8-5-4-6-9-8/h3,9H,1,4-6H2,2H3/b8-7-. The van der Waals surface area contributed by atoms with E-state index >= 15 is 0 Å². The molecule has 1 saturated heterocycles. The van der Waals surface area contributed by atoms with Crippen molar-refractivity contribution in [2.45, 2.75) is 19.8 Å². The lowest BCUT2D eigenvalue weighted by Gasteiger charge is -1.99. The van der Waals surface area contributed by atoms with Gasteiger partial charge in [0.2, 0.25) is 0 Å². The quantitative estimate of drug-likeness (QED) is 0.561. The van der Waals surface area contributed by atoms with Crippen LogP contribution in [0.1, 0.15) is 19.8 Å². The molecule has 1 heteroatoms. The summed E-state index contributed by atoms with van der Waals surface area (Å²) in [5.41, 5.74) is 2.68. The van der Waals surface area contributed by atoms with E-state index in [1.54, 1.807) is 0 Å². The molecule has 1 aliphatic heterocycles. The van der Waals surface area contributed by atoms with Gasteiger partial charge in [-0.25, -0.2) is 0 Å². The summed E-state index contributed by atoms with van der Waals surface area (Å²) in [4.78, 5) is 0. The zero-order valence-corrected chi connectivity index (χ0v) is 5.91. The van der Waals surface area contributed by atoms with Crippen LogP contribution in [-0.4, -0.2) is 6.54 Å². The first-order valence-electron chi connectivity index (χ1n) is 3.40. The molecule has 0 amide bonds. The fourth-order valence-corrected chi connectivity index (χ4v) is 1.05. The molecular formula is C8H13N. The van der Waals surface area contributed by atoms with Gasteiger partial charge in [-0.1, -0.05) is 12.7 Å². The van der Waals surface area contributed by atoms with Crippen molar-refractivity contribution in [2.75, 3.05) is 6.54 Å². The van der Waals surface area contributed by atoms with Gasteiger partial charge in [0.15, 0.2) is 0 Å². The molecule has 1 nitrogen and oxygen atoms in total. The number of hydrogen-bond donors (Lipinski definition) is 1. The van der Waals surface area contributed by atoms with Crippen molar-refractivity contribution in [3.8, 4) is 0 Å². The Morgan fingerprint density at radius 2 is 2.56 bits per heavy atom. The van der Waals surface area contributed by atoms with E-state index in [9.17, 15) is 0 Å². The number of rotatable bonds is 1. The molecule has 1 fully saturated rings. The van der Waals surface area contributed by atoms with Crippen LogP contribution >= 0.6 is 0 Å². The van der Waals surface area contributed by atoms with Crippen LogP contribution in [0.25, 0.3) is 0 Å². The lowest BCUT2D eigenvalue weighted by molar-refractivity contribution is 0.901. The zero-order valence-electron chi connectivity index (χ0n) is 5.91. The van der Waals surface area contributed by atoms with E-state index in [0.717, 1.165) is 6.54 Å². The van der Waals surface area contributed by atoms with Gasteiger partial charge in [-0.15, -0.1) is 0 Å². The molecule has 0 spiro atoms. The van der Waals surface area contributed by atoms with Crippen LogP contribution in [0.5, 0.6) is 0 Å². The van der Waals surface area contributed by atoms with E-state index in [-0.39, 0.29) is 0 Å². The molecule has 1 N–H and O–H groups in total. The Kier molecular flexibility index (Phi) is 1.93. The Morgan fingerprint density at radius 3 is 3.00 bits per heavy atom. The van der Waals surface area contributed by atoms with Crippen LogP contribution in [0.15, 0.2) is 23.9 Å². The minimum atomic E-state index is 1.14. The van der Waals surface area contributed by atoms with E-state index in [4.69, 9.17) is 0 Å². The molecule has 0 saturated carbocycles. The van der Waals surface area contributed by atoms with Crippen LogP contribution in [0, 0.1) is 0 Å².